The number of hydrogen-bond acceptors (Lipinski definition) is 3. The molecule has 0 radical (unpaired) electrons. The molecule has 1 amide bonds. The van der Waals surface area contributed by atoms with Crippen LogP contribution in [0.25, 0.3) is 38.1 Å². The lowest BCUT2D eigenvalue weighted by atomic mass is 10.1. The third-order valence-electron chi connectivity index (χ3n) is 5.49. The van der Waals surface area contributed by atoms with E-state index in [0.29, 0.717) is 16.6 Å². The molecule has 5 rings (SSSR count). The average molecular weight is 369 g/mol. The zero-order chi connectivity index (χ0) is 19.4. The first-order chi connectivity index (χ1) is 13.6. The third kappa shape index (κ3) is 2.22. The smallest absolute Gasteiger partial charge is 0.270 e. The van der Waals surface area contributed by atoms with Gasteiger partial charge in [0.15, 0.2) is 0 Å². The summed E-state index contributed by atoms with van der Waals surface area (Å²) in [6.07, 6.45) is 0.845. The normalized spacial score (nSPS) is 12.9. The van der Waals surface area contributed by atoms with E-state index in [0.717, 1.165) is 33.6 Å². The number of amides is 1. The highest BCUT2D eigenvalue weighted by Crippen LogP contribution is 2.33. The third-order valence-corrected chi connectivity index (χ3v) is 5.49. The van der Waals surface area contributed by atoms with Crippen LogP contribution in [0.1, 0.15) is 30.8 Å². The van der Waals surface area contributed by atoms with Crippen LogP contribution < -0.4 is 10.9 Å². The zero-order valence-electron chi connectivity index (χ0n) is 15.7. The molecule has 0 saturated heterocycles. The van der Waals surface area contributed by atoms with Gasteiger partial charge in [-0.25, -0.2) is 4.98 Å². The SMILES string of the molecule is CCC(C)NC(=O)c1cc2c3ccccc3n3c(=O)c4ccccc4c(n1)c23. The Morgan fingerprint density at radius 2 is 1.71 bits per heavy atom. The number of hydrogen-bond donors (Lipinski definition) is 1. The molecule has 138 valence electrons. The molecule has 0 saturated carbocycles. The van der Waals surface area contributed by atoms with E-state index in [1.54, 1.807) is 10.5 Å². The van der Waals surface area contributed by atoms with Crippen LogP contribution in [0.4, 0.5) is 0 Å². The van der Waals surface area contributed by atoms with Crippen molar-refractivity contribution in [3.63, 3.8) is 0 Å². The molecule has 1 atom stereocenters. The quantitative estimate of drug-likeness (QED) is 0.487. The summed E-state index contributed by atoms with van der Waals surface area (Å²) in [6.45, 7) is 4.00. The van der Waals surface area contributed by atoms with Gasteiger partial charge in [0, 0.05) is 27.6 Å². The van der Waals surface area contributed by atoms with E-state index in [4.69, 9.17) is 4.98 Å². The van der Waals surface area contributed by atoms with Crippen molar-refractivity contribution >= 4 is 44.0 Å². The maximum atomic E-state index is 13.2. The fraction of sp³-hybridized carbons (Fsp3) is 0.174. The van der Waals surface area contributed by atoms with Gasteiger partial charge in [-0.2, -0.15) is 0 Å². The Balaban J connectivity index is 1.97. The molecule has 5 nitrogen and oxygen atoms in total. The van der Waals surface area contributed by atoms with E-state index in [9.17, 15) is 9.59 Å². The molecule has 0 aliphatic heterocycles. The molecule has 5 heteroatoms. The molecule has 0 aliphatic carbocycles. The first-order valence-corrected chi connectivity index (χ1v) is 9.49. The second-order valence-corrected chi connectivity index (χ2v) is 7.24. The van der Waals surface area contributed by atoms with Crippen molar-refractivity contribution in [3.05, 3.63) is 70.6 Å². The summed E-state index contributed by atoms with van der Waals surface area (Å²) in [5.74, 6) is -0.196. The number of aromatic nitrogens is 2. The summed E-state index contributed by atoms with van der Waals surface area (Å²) in [4.78, 5) is 30.7. The van der Waals surface area contributed by atoms with Crippen LogP contribution in [-0.4, -0.2) is 21.3 Å². The summed E-state index contributed by atoms with van der Waals surface area (Å²) in [5, 5.41) is 6.18. The highest BCUT2D eigenvalue weighted by Gasteiger charge is 2.21. The fourth-order valence-electron chi connectivity index (χ4n) is 3.90. The first-order valence-electron chi connectivity index (χ1n) is 9.49. The van der Waals surface area contributed by atoms with Gasteiger partial charge in [0.25, 0.3) is 11.5 Å². The molecule has 28 heavy (non-hydrogen) atoms. The molecule has 5 aromatic rings. The van der Waals surface area contributed by atoms with E-state index in [1.165, 1.54) is 0 Å². The van der Waals surface area contributed by atoms with E-state index in [2.05, 4.69) is 5.32 Å². The Labute approximate surface area is 161 Å². The predicted molar refractivity (Wildman–Crippen MR) is 112 cm³/mol. The summed E-state index contributed by atoms with van der Waals surface area (Å²) in [5.41, 5.74) is 2.59. The van der Waals surface area contributed by atoms with Crippen LogP contribution in [0.2, 0.25) is 0 Å². The minimum Gasteiger partial charge on any atom is -0.348 e. The number of fused-ring (bicyclic) bond motifs is 5. The lowest BCUT2D eigenvalue weighted by Gasteiger charge is -2.12. The molecular weight excluding hydrogens is 350 g/mol. The average Bonchev–Trinajstić information content (AvgIpc) is 3.06. The Kier molecular flexibility index (Phi) is 3.59. The molecule has 0 fully saturated rings. The Morgan fingerprint density at radius 1 is 1.04 bits per heavy atom. The van der Waals surface area contributed by atoms with Crippen LogP contribution in [0.5, 0.6) is 0 Å². The molecule has 3 heterocycles. The minimum atomic E-state index is -0.196. The number of pyridine rings is 2. The Hall–Kier alpha value is -3.47. The molecule has 0 spiro atoms. The van der Waals surface area contributed by atoms with Crippen LogP contribution in [0, 0.1) is 0 Å². The van der Waals surface area contributed by atoms with Crippen molar-refractivity contribution in [1.82, 2.24) is 14.7 Å². The second-order valence-electron chi connectivity index (χ2n) is 7.24. The lowest BCUT2D eigenvalue weighted by Crippen LogP contribution is -2.32. The van der Waals surface area contributed by atoms with Crippen molar-refractivity contribution < 1.29 is 4.79 Å². The van der Waals surface area contributed by atoms with Gasteiger partial charge in [0.1, 0.15) is 5.69 Å². The molecular formula is C23H19N3O2. The topological polar surface area (TPSA) is 63.5 Å². The molecule has 0 bridgehead atoms. The van der Waals surface area contributed by atoms with Crippen molar-refractivity contribution in [2.45, 2.75) is 26.3 Å². The standard InChI is InChI=1S/C23H19N3O2/c1-3-13(2)24-22(27)18-12-17-14-8-6-7-11-19(14)26-21(17)20(25-18)15-9-4-5-10-16(15)23(26)28/h4-13H,3H2,1-2H3,(H,24,27). The number of carbonyl (C=O) groups excluding carboxylic acids is 1. The van der Waals surface area contributed by atoms with Crippen molar-refractivity contribution in [3.8, 4) is 0 Å². The van der Waals surface area contributed by atoms with Gasteiger partial charge in [-0.1, -0.05) is 43.3 Å². The summed E-state index contributed by atoms with van der Waals surface area (Å²) in [6, 6.07) is 17.1. The summed E-state index contributed by atoms with van der Waals surface area (Å²) < 4.78 is 1.73. The lowest BCUT2D eigenvalue weighted by molar-refractivity contribution is 0.0934. The number of para-hydroxylation sites is 1. The number of nitrogens with one attached hydrogen (secondary N) is 1. The maximum Gasteiger partial charge on any atom is 0.270 e. The van der Waals surface area contributed by atoms with Gasteiger partial charge in [0.05, 0.1) is 16.6 Å². The van der Waals surface area contributed by atoms with Crippen LogP contribution in [0.3, 0.4) is 0 Å². The first kappa shape index (κ1) is 16.7. The molecule has 2 aromatic carbocycles. The van der Waals surface area contributed by atoms with Gasteiger partial charge < -0.3 is 5.32 Å². The largest absolute Gasteiger partial charge is 0.348 e. The highest BCUT2D eigenvalue weighted by molar-refractivity contribution is 6.20. The van der Waals surface area contributed by atoms with E-state index in [-0.39, 0.29) is 17.5 Å². The minimum absolute atomic E-state index is 0.0621. The number of carbonyl (C=O) groups is 1. The number of benzene rings is 2. The van der Waals surface area contributed by atoms with E-state index in [1.807, 2.05) is 62.4 Å². The number of nitrogens with zero attached hydrogens (tertiary/aromatic N) is 2. The van der Waals surface area contributed by atoms with Gasteiger partial charge >= 0.3 is 0 Å². The van der Waals surface area contributed by atoms with Gasteiger partial charge in [-0.3, -0.25) is 14.0 Å². The van der Waals surface area contributed by atoms with Crippen molar-refractivity contribution in [2.24, 2.45) is 0 Å². The molecule has 3 aromatic heterocycles. The van der Waals surface area contributed by atoms with E-state index < -0.39 is 0 Å². The second kappa shape index (κ2) is 6.02. The Morgan fingerprint density at radius 3 is 2.46 bits per heavy atom. The maximum absolute atomic E-state index is 13.2. The predicted octanol–water partition coefficient (Wildman–Crippen LogP) is 4.12. The monoisotopic (exact) mass is 369 g/mol. The number of rotatable bonds is 3. The fourth-order valence-corrected chi connectivity index (χ4v) is 3.90. The highest BCUT2D eigenvalue weighted by atomic mass is 16.2. The van der Waals surface area contributed by atoms with Crippen molar-refractivity contribution in [1.29, 1.82) is 0 Å². The van der Waals surface area contributed by atoms with Gasteiger partial charge in [-0.05, 0) is 31.5 Å². The Bertz CT molecular complexity index is 1430. The van der Waals surface area contributed by atoms with Gasteiger partial charge in [0.2, 0.25) is 0 Å². The van der Waals surface area contributed by atoms with Crippen LogP contribution >= 0.6 is 0 Å². The molecule has 1 N–H and O–H groups in total. The summed E-state index contributed by atoms with van der Waals surface area (Å²) >= 11 is 0. The van der Waals surface area contributed by atoms with E-state index >= 15 is 0 Å². The van der Waals surface area contributed by atoms with Crippen LogP contribution in [-0.2, 0) is 0 Å². The van der Waals surface area contributed by atoms with Crippen LogP contribution in [0.15, 0.2) is 59.4 Å². The molecule has 1 unspecified atom stereocenters. The van der Waals surface area contributed by atoms with Gasteiger partial charge in [-0.15, -0.1) is 0 Å². The summed E-state index contributed by atoms with van der Waals surface area (Å²) in [7, 11) is 0. The zero-order valence-corrected chi connectivity index (χ0v) is 15.7. The molecule has 0 aliphatic rings. The van der Waals surface area contributed by atoms with Crippen molar-refractivity contribution in [2.75, 3.05) is 0 Å².